The highest BCUT2D eigenvalue weighted by atomic mass is 16.3. The summed E-state index contributed by atoms with van der Waals surface area (Å²) < 4.78 is 8.05. The smallest absolute Gasteiger partial charge is 0.135 e. The first-order chi connectivity index (χ1) is 14.2. The summed E-state index contributed by atoms with van der Waals surface area (Å²) in [6, 6.07) is 23.4. The highest BCUT2D eigenvalue weighted by Crippen LogP contribution is 2.41. The van der Waals surface area contributed by atoms with Crippen LogP contribution in [0.4, 0.5) is 5.82 Å². The van der Waals surface area contributed by atoms with Crippen molar-refractivity contribution < 1.29 is 4.42 Å². The maximum absolute atomic E-state index is 5.88. The van der Waals surface area contributed by atoms with Crippen molar-refractivity contribution in [1.82, 2.24) is 9.78 Å². The third kappa shape index (κ3) is 3.25. The van der Waals surface area contributed by atoms with Crippen LogP contribution in [0.2, 0.25) is 0 Å². The Morgan fingerprint density at radius 1 is 0.862 bits per heavy atom. The molecule has 0 atom stereocenters. The number of fused-ring (bicyclic) bond motifs is 1. The quantitative estimate of drug-likeness (QED) is 0.444. The fourth-order valence-electron chi connectivity index (χ4n) is 4.36. The van der Waals surface area contributed by atoms with E-state index in [9.17, 15) is 0 Å². The van der Waals surface area contributed by atoms with E-state index in [4.69, 9.17) is 9.52 Å². The molecule has 0 saturated heterocycles. The Labute approximate surface area is 171 Å². The minimum Gasteiger partial charge on any atom is -0.464 e. The monoisotopic (exact) mass is 383 g/mol. The van der Waals surface area contributed by atoms with Gasteiger partial charge in [-0.25, -0.2) is 4.68 Å². The average Bonchev–Trinajstić information content (AvgIpc) is 3.31. The molecule has 2 aromatic heterocycles. The van der Waals surface area contributed by atoms with Gasteiger partial charge in [0.15, 0.2) is 0 Å². The van der Waals surface area contributed by atoms with E-state index in [2.05, 4.69) is 77.2 Å². The molecule has 1 aliphatic rings. The molecule has 5 rings (SSSR count). The standard InChI is InChI=1S/C25H25N3O/c1-18-13-14-21(29-18)17-27-15-8-16-28-25(27)24(19(2)26-28)23-12-7-6-11-22(23)20-9-4-3-5-10-20/h3-7,9-14H,8,15-17H2,1-2H3. The molecule has 0 amide bonds. The van der Waals surface area contributed by atoms with Crippen LogP contribution >= 0.6 is 0 Å². The lowest BCUT2D eigenvalue weighted by Crippen LogP contribution is -2.32. The number of rotatable bonds is 4. The van der Waals surface area contributed by atoms with E-state index in [0.717, 1.165) is 43.3 Å². The lowest BCUT2D eigenvalue weighted by molar-refractivity contribution is 0.456. The van der Waals surface area contributed by atoms with Gasteiger partial charge in [-0.3, -0.25) is 0 Å². The number of hydrogen-bond acceptors (Lipinski definition) is 3. The van der Waals surface area contributed by atoms with Crippen molar-refractivity contribution in [1.29, 1.82) is 0 Å². The molecular weight excluding hydrogens is 358 g/mol. The maximum Gasteiger partial charge on any atom is 0.135 e. The Bertz CT molecular complexity index is 1140. The van der Waals surface area contributed by atoms with Crippen LogP contribution < -0.4 is 4.90 Å². The Hall–Kier alpha value is -3.27. The molecule has 0 aliphatic carbocycles. The number of benzene rings is 2. The molecule has 2 aromatic carbocycles. The predicted octanol–water partition coefficient (Wildman–Crippen LogP) is 5.84. The van der Waals surface area contributed by atoms with Gasteiger partial charge < -0.3 is 9.32 Å². The van der Waals surface area contributed by atoms with Gasteiger partial charge in [0.2, 0.25) is 0 Å². The zero-order valence-electron chi connectivity index (χ0n) is 16.9. The van der Waals surface area contributed by atoms with Crippen LogP contribution in [0, 0.1) is 13.8 Å². The first-order valence-corrected chi connectivity index (χ1v) is 10.2. The van der Waals surface area contributed by atoms with Crippen LogP contribution in [0.1, 0.15) is 23.6 Å². The summed E-state index contributed by atoms with van der Waals surface area (Å²) in [7, 11) is 0. The number of aryl methyl sites for hydroxylation is 3. The molecule has 0 radical (unpaired) electrons. The molecule has 1 aliphatic heterocycles. The largest absolute Gasteiger partial charge is 0.464 e. The zero-order valence-corrected chi connectivity index (χ0v) is 16.9. The third-order valence-electron chi connectivity index (χ3n) is 5.62. The highest BCUT2D eigenvalue weighted by molar-refractivity contribution is 5.90. The van der Waals surface area contributed by atoms with Crippen molar-refractivity contribution in [2.24, 2.45) is 0 Å². The lowest BCUT2D eigenvalue weighted by atomic mass is 9.94. The summed E-state index contributed by atoms with van der Waals surface area (Å²) in [5.41, 5.74) is 6.01. The number of nitrogens with zero attached hydrogens (tertiary/aromatic N) is 3. The number of anilines is 1. The Morgan fingerprint density at radius 3 is 2.38 bits per heavy atom. The molecule has 3 heterocycles. The van der Waals surface area contributed by atoms with Gasteiger partial charge in [0.25, 0.3) is 0 Å². The first kappa shape index (κ1) is 17.8. The topological polar surface area (TPSA) is 34.2 Å². The summed E-state index contributed by atoms with van der Waals surface area (Å²) in [4.78, 5) is 2.42. The summed E-state index contributed by atoms with van der Waals surface area (Å²) in [6.07, 6.45) is 1.09. The fourth-order valence-corrected chi connectivity index (χ4v) is 4.36. The van der Waals surface area contributed by atoms with E-state index in [1.54, 1.807) is 0 Å². The molecule has 4 aromatic rings. The van der Waals surface area contributed by atoms with Gasteiger partial charge in [0, 0.05) is 18.7 Å². The van der Waals surface area contributed by atoms with E-state index < -0.39 is 0 Å². The van der Waals surface area contributed by atoms with Crippen molar-refractivity contribution >= 4 is 5.82 Å². The molecule has 4 heteroatoms. The van der Waals surface area contributed by atoms with Crippen molar-refractivity contribution in [2.45, 2.75) is 33.4 Å². The van der Waals surface area contributed by atoms with Crippen molar-refractivity contribution in [3.8, 4) is 22.3 Å². The molecule has 0 bridgehead atoms. The van der Waals surface area contributed by atoms with E-state index in [-0.39, 0.29) is 0 Å². The SMILES string of the molecule is Cc1ccc(CN2CCCn3nc(C)c(-c4ccccc4-c4ccccc4)c32)o1. The van der Waals surface area contributed by atoms with Gasteiger partial charge in [-0.05, 0) is 49.1 Å². The first-order valence-electron chi connectivity index (χ1n) is 10.2. The van der Waals surface area contributed by atoms with Crippen molar-refractivity contribution in [3.63, 3.8) is 0 Å². The van der Waals surface area contributed by atoms with Gasteiger partial charge in [0.05, 0.1) is 12.2 Å². The van der Waals surface area contributed by atoms with Crippen LogP contribution in [0.15, 0.2) is 71.1 Å². The molecule has 0 spiro atoms. The minimum absolute atomic E-state index is 0.763. The molecule has 29 heavy (non-hydrogen) atoms. The van der Waals surface area contributed by atoms with E-state index >= 15 is 0 Å². The Morgan fingerprint density at radius 2 is 1.62 bits per heavy atom. The van der Waals surface area contributed by atoms with Crippen molar-refractivity contribution in [2.75, 3.05) is 11.4 Å². The second-order valence-electron chi connectivity index (χ2n) is 7.71. The number of aromatic nitrogens is 2. The zero-order chi connectivity index (χ0) is 19.8. The van der Waals surface area contributed by atoms with Crippen LogP contribution in [0.25, 0.3) is 22.3 Å². The summed E-state index contributed by atoms with van der Waals surface area (Å²) in [5, 5.41) is 4.90. The van der Waals surface area contributed by atoms with Gasteiger partial charge in [0.1, 0.15) is 17.3 Å². The molecule has 0 N–H and O–H groups in total. The Balaban J connectivity index is 1.64. The summed E-state index contributed by atoms with van der Waals surface area (Å²) in [6.45, 7) is 6.84. The van der Waals surface area contributed by atoms with E-state index in [1.807, 2.05) is 13.0 Å². The summed E-state index contributed by atoms with van der Waals surface area (Å²) in [5.74, 6) is 3.15. The van der Waals surface area contributed by atoms with E-state index in [0.29, 0.717) is 0 Å². The third-order valence-corrected chi connectivity index (χ3v) is 5.62. The molecule has 0 unspecified atom stereocenters. The van der Waals surface area contributed by atoms with Crippen LogP contribution in [-0.4, -0.2) is 16.3 Å². The van der Waals surface area contributed by atoms with Gasteiger partial charge >= 0.3 is 0 Å². The van der Waals surface area contributed by atoms with Crippen molar-refractivity contribution in [3.05, 3.63) is 83.9 Å². The minimum atomic E-state index is 0.763. The molecule has 4 nitrogen and oxygen atoms in total. The molecule has 0 saturated carbocycles. The van der Waals surface area contributed by atoms with Gasteiger partial charge in [-0.15, -0.1) is 0 Å². The number of hydrogen-bond donors (Lipinski definition) is 0. The highest BCUT2D eigenvalue weighted by Gasteiger charge is 2.27. The lowest BCUT2D eigenvalue weighted by Gasteiger charge is -2.30. The summed E-state index contributed by atoms with van der Waals surface area (Å²) >= 11 is 0. The van der Waals surface area contributed by atoms with Crippen LogP contribution in [0.3, 0.4) is 0 Å². The van der Waals surface area contributed by atoms with Gasteiger partial charge in [-0.2, -0.15) is 5.10 Å². The number of furan rings is 1. The molecule has 146 valence electrons. The van der Waals surface area contributed by atoms with Gasteiger partial charge in [-0.1, -0.05) is 54.6 Å². The maximum atomic E-state index is 5.88. The van der Waals surface area contributed by atoms with E-state index in [1.165, 1.54) is 28.1 Å². The molecule has 0 fully saturated rings. The fraction of sp³-hybridized carbons (Fsp3) is 0.240. The second-order valence-corrected chi connectivity index (χ2v) is 7.71. The molecular formula is C25H25N3O. The Kier molecular flexibility index (Phi) is 4.47. The van der Waals surface area contributed by atoms with Crippen LogP contribution in [0.5, 0.6) is 0 Å². The average molecular weight is 383 g/mol. The second kappa shape index (κ2) is 7.28. The predicted molar refractivity (Wildman–Crippen MR) is 117 cm³/mol. The normalized spacial score (nSPS) is 13.5. The van der Waals surface area contributed by atoms with Crippen LogP contribution in [-0.2, 0) is 13.1 Å².